The van der Waals surface area contributed by atoms with Gasteiger partial charge in [-0.3, -0.25) is 19.0 Å². The number of nitrogens with zero attached hydrogens (tertiary/aromatic N) is 4. The summed E-state index contributed by atoms with van der Waals surface area (Å²) < 4.78 is 3.36. The second kappa shape index (κ2) is 9.80. The van der Waals surface area contributed by atoms with E-state index in [1.807, 2.05) is 45.0 Å². The van der Waals surface area contributed by atoms with Crippen LogP contribution in [0.15, 0.2) is 53.5 Å². The molecule has 0 aliphatic carbocycles. The Hall–Kier alpha value is -3.42. The number of benzene rings is 2. The minimum absolute atomic E-state index is 0.0620. The molecule has 7 nitrogen and oxygen atoms in total. The first kappa shape index (κ1) is 25.2. The number of hydrogen-bond acceptors (Lipinski definition) is 4. The van der Waals surface area contributed by atoms with E-state index >= 15 is 0 Å². The third kappa shape index (κ3) is 4.58. The molecule has 0 atom stereocenters. The summed E-state index contributed by atoms with van der Waals surface area (Å²) in [6.07, 6.45) is 2.19. The molecule has 0 N–H and O–H groups in total. The Labute approximate surface area is 224 Å². The molecule has 9 heteroatoms. The number of amides is 1. The summed E-state index contributed by atoms with van der Waals surface area (Å²) in [5, 5.41) is 5.29. The number of aryl methyl sites for hydroxylation is 1. The normalized spacial score (nSPS) is 13.3. The standard InChI is InChI=1S/C28H26Cl2N4O3/c1-16(2)25(35)13-19-14-31-34-24-15-32(27(36)18-6-9-22(29)23(30)12-18)11-10-21(24)28(37)33(26(19)34)20-7-4-17(3)5-8-20/h4-9,12,14,16H,10-11,13,15H2,1-3H3. The zero-order chi connectivity index (χ0) is 26.4. The molecule has 0 radical (unpaired) electrons. The molecule has 37 heavy (non-hydrogen) atoms. The van der Waals surface area contributed by atoms with Crippen molar-refractivity contribution in [3.63, 3.8) is 0 Å². The molecule has 190 valence electrons. The Balaban J connectivity index is 1.65. The maximum absolute atomic E-state index is 13.9. The molecular weight excluding hydrogens is 511 g/mol. The maximum atomic E-state index is 13.9. The largest absolute Gasteiger partial charge is 0.332 e. The lowest BCUT2D eigenvalue weighted by Gasteiger charge is -2.29. The Morgan fingerprint density at radius 2 is 1.78 bits per heavy atom. The average molecular weight is 537 g/mol. The summed E-state index contributed by atoms with van der Waals surface area (Å²) in [4.78, 5) is 41.6. The van der Waals surface area contributed by atoms with Crippen LogP contribution in [0.2, 0.25) is 10.0 Å². The van der Waals surface area contributed by atoms with Crippen LogP contribution in [0, 0.1) is 12.8 Å². The second-order valence-electron chi connectivity index (χ2n) is 9.71. The fourth-order valence-corrected chi connectivity index (χ4v) is 4.95. The van der Waals surface area contributed by atoms with E-state index in [4.69, 9.17) is 23.2 Å². The zero-order valence-corrected chi connectivity index (χ0v) is 22.3. The fraction of sp³-hybridized carbons (Fsp3) is 0.286. The molecule has 0 saturated heterocycles. The van der Waals surface area contributed by atoms with Crippen molar-refractivity contribution < 1.29 is 9.59 Å². The van der Waals surface area contributed by atoms with E-state index in [9.17, 15) is 14.4 Å². The van der Waals surface area contributed by atoms with Gasteiger partial charge in [-0.2, -0.15) is 5.10 Å². The maximum Gasteiger partial charge on any atom is 0.261 e. The van der Waals surface area contributed by atoms with Gasteiger partial charge >= 0.3 is 0 Å². The number of halogens is 2. The van der Waals surface area contributed by atoms with E-state index in [1.165, 1.54) is 0 Å². The van der Waals surface area contributed by atoms with Crippen molar-refractivity contribution in [1.29, 1.82) is 0 Å². The van der Waals surface area contributed by atoms with Gasteiger partial charge in [0.05, 0.1) is 34.2 Å². The van der Waals surface area contributed by atoms with E-state index in [1.54, 1.807) is 38.4 Å². The highest BCUT2D eigenvalue weighted by Gasteiger charge is 2.29. The van der Waals surface area contributed by atoms with E-state index < -0.39 is 0 Å². The first-order valence-corrected chi connectivity index (χ1v) is 12.9. The molecule has 1 aliphatic heterocycles. The number of aromatic nitrogens is 3. The Kier molecular flexibility index (Phi) is 6.68. The van der Waals surface area contributed by atoms with E-state index in [0.29, 0.717) is 56.7 Å². The minimum Gasteiger partial charge on any atom is -0.332 e. The van der Waals surface area contributed by atoms with Crippen molar-refractivity contribution in [2.75, 3.05) is 6.54 Å². The summed E-state index contributed by atoms with van der Waals surface area (Å²) >= 11 is 12.2. The van der Waals surface area contributed by atoms with Crippen LogP contribution < -0.4 is 5.56 Å². The van der Waals surface area contributed by atoms with Gasteiger partial charge in [0.25, 0.3) is 11.5 Å². The third-order valence-corrected chi connectivity index (χ3v) is 7.56. The van der Waals surface area contributed by atoms with Gasteiger partial charge in [-0.05, 0) is 43.7 Å². The first-order chi connectivity index (χ1) is 17.7. The molecule has 0 unspecified atom stereocenters. The lowest BCUT2D eigenvalue weighted by Crippen LogP contribution is -2.41. The van der Waals surface area contributed by atoms with Crippen molar-refractivity contribution in [1.82, 2.24) is 19.1 Å². The molecule has 3 heterocycles. The summed E-state index contributed by atoms with van der Waals surface area (Å²) in [6.45, 7) is 6.28. The van der Waals surface area contributed by atoms with Crippen molar-refractivity contribution in [2.24, 2.45) is 5.92 Å². The molecule has 0 spiro atoms. The predicted molar refractivity (Wildman–Crippen MR) is 144 cm³/mol. The van der Waals surface area contributed by atoms with Gasteiger partial charge in [0.2, 0.25) is 0 Å². The van der Waals surface area contributed by atoms with Gasteiger partial charge < -0.3 is 4.90 Å². The lowest BCUT2D eigenvalue weighted by atomic mass is 10.0. The summed E-state index contributed by atoms with van der Waals surface area (Å²) in [7, 11) is 0. The molecule has 0 saturated carbocycles. The molecule has 4 aromatic rings. The van der Waals surface area contributed by atoms with Gasteiger partial charge in [-0.1, -0.05) is 54.7 Å². The topological polar surface area (TPSA) is 76.7 Å². The van der Waals surface area contributed by atoms with Crippen LogP contribution >= 0.6 is 23.2 Å². The van der Waals surface area contributed by atoms with Crippen LogP contribution in [0.1, 0.15) is 46.6 Å². The third-order valence-electron chi connectivity index (χ3n) is 6.82. The van der Waals surface area contributed by atoms with Crippen molar-refractivity contribution in [2.45, 2.75) is 40.2 Å². The second-order valence-corrected chi connectivity index (χ2v) is 10.5. The highest BCUT2D eigenvalue weighted by molar-refractivity contribution is 6.42. The van der Waals surface area contributed by atoms with Crippen molar-refractivity contribution in [3.8, 4) is 5.69 Å². The lowest BCUT2D eigenvalue weighted by molar-refractivity contribution is -0.121. The highest BCUT2D eigenvalue weighted by Crippen LogP contribution is 2.27. The van der Waals surface area contributed by atoms with Crippen LogP contribution in [0.25, 0.3) is 11.3 Å². The molecule has 5 rings (SSSR count). The molecule has 1 amide bonds. The fourth-order valence-electron chi connectivity index (χ4n) is 4.65. The molecule has 2 aromatic carbocycles. The van der Waals surface area contributed by atoms with Crippen LogP contribution in [-0.2, 0) is 24.2 Å². The summed E-state index contributed by atoms with van der Waals surface area (Å²) in [5.74, 6) is -0.291. The first-order valence-electron chi connectivity index (χ1n) is 12.1. The van der Waals surface area contributed by atoms with Crippen LogP contribution in [0.5, 0.6) is 0 Å². The monoisotopic (exact) mass is 536 g/mol. The summed E-state index contributed by atoms with van der Waals surface area (Å²) in [5.41, 5.74) is 4.51. The van der Waals surface area contributed by atoms with Gasteiger partial charge in [0.15, 0.2) is 0 Å². The molecular formula is C28H26Cl2N4O3. The Morgan fingerprint density at radius 3 is 2.46 bits per heavy atom. The highest BCUT2D eigenvalue weighted by atomic mass is 35.5. The number of rotatable bonds is 5. The van der Waals surface area contributed by atoms with Gasteiger partial charge in [0.1, 0.15) is 11.4 Å². The summed E-state index contributed by atoms with van der Waals surface area (Å²) in [6, 6.07) is 12.5. The predicted octanol–water partition coefficient (Wildman–Crippen LogP) is 5.07. The quantitative estimate of drug-likeness (QED) is 0.357. The van der Waals surface area contributed by atoms with E-state index in [0.717, 1.165) is 5.56 Å². The number of carbonyl (C=O) groups excluding carboxylic acids is 2. The van der Waals surface area contributed by atoms with E-state index in [-0.39, 0.29) is 36.1 Å². The van der Waals surface area contributed by atoms with Gasteiger partial charge in [-0.15, -0.1) is 0 Å². The van der Waals surface area contributed by atoms with Crippen LogP contribution in [-0.4, -0.2) is 37.3 Å². The molecule has 1 aliphatic rings. The Bertz CT molecular complexity index is 1600. The van der Waals surface area contributed by atoms with E-state index in [2.05, 4.69) is 5.10 Å². The Morgan fingerprint density at radius 1 is 1.05 bits per heavy atom. The number of carbonyl (C=O) groups is 2. The number of ketones is 1. The number of hydrogen-bond donors (Lipinski definition) is 0. The average Bonchev–Trinajstić information content (AvgIpc) is 3.29. The molecule has 0 fully saturated rings. The molecule has 2 aromatic heterocycles. The SMILES string of the molecule is Cc1ccc(-n2c(=O)c3c(n4ncc(CC(=O)C(C)C)c24)CN(C(=O)c2ccc(Cl)c(Cl)c2)CC3)cc1. The van der Waals surface area contributed by atoms with Gasteiger partial charge in [0, 0.05) is 35.6 Å². The van der Waals surface area contributed by atoms with Crippen molar-refractivity contribution in [3.05, 3.63) is 97.0 Å². The van der Waals surface area contributed by atoms with Crippen molar-refractivity contribution >= 4 is 40.5 Å². The number of fused-ring (bicyclic) bond motifs is 3. The van der Waals surface area contributed by atoms with Gasteiger partial charge in [-0.25, -0.2) is 4.52 Å². The van der Waals surface area contributed by atoms with Crippen LogP contribution in [0.4, 0.5) is 0 Å². The zero-order valence-electron chi connectivity index (χ0n) is 20.8. The smallest absolute Gasteiger partial charge is 0.261 e. The number of Topliss-reactive ketones (excluding diaryl/α,β-unsaturated/α-hetero) is 1. The van der Waals surface area contributed by atoms with Crippen LogP contribution in [0.3, 0.4) is 0 Å². The molecule has 0 bridgehead atoms. The minimum atomic E-state index is -0.206.